The molecule has 144 valence electrons. The van der Waals surface area contributed by atoms with Crippen LogP contribution in [0.5, 0.6) is 11.5 Å². The van der Waals surface area contributed by atoms with Gasteiger partial charge in [0.25, 0.3) is 0 Å². The molecular formula is C21H26N2O3S. The van der Waals surface area contributed by atoms with Crippen LogP contribution in [0.3, 0.4) is 0 Å². The summed E-state index contributed by atoms with van der Waals surface area (Å²) in [5, 5.41) is 0. The van der Waals surface area contributed by atoms with E-state index in [4.69, 9.17) is 9.47 Å². The summed E-state index contributed by atoms with van der Waals surface area (Å²) >= 11 is 1.69. The van der Waals surface area contributed by atoms with E-state index in [1.807, 2.05) is 12.1 Å². The van der Waals surface area contributed by atoms with Crippen molar-refractivity contribution in [3.8, 4) is 11.5 Å². The molecule has 0 amide bonds. The van der Waals surface area contributed by atoms with E-state index in [2.05, 4.69) is 55.1 Å². The van der Waals surface area contributed by atoms with Crippen LogP contribution in [0.2, 0.25) is 0 Å². The lowest BCUT2D eigenvalue weighted by Gasteiger charge is -2.35. The van der Waals surface area contributed by atoms with Crippen molar-refractivity contribution in [1.82, 2.24) is 4.90 Å². The standard InChI is InChI=1S/C21H26N2O3S/c1-14(12-22(3)4)13-23-16-8-6-7-9-20(16)27-21-11-19(26-15(2)24)18(25-5)10-17(21)23/h6-11,14H,12-13H2,1-5H3/t14-/m1/s1. The Hall–Kier alpha value is -2.18. The Kier molecular flexibility index (Phi) is 5.97. The number of rotatable bonds is 6. The number of esters is 1. The average molecular weight is 387 g/mol. The number of fused-ring (bicyclic) bond motifs is 2. The third-order valence-electron chi connectivity index (χ3n) is 4.34. The number of hydrogen-bond donors (Lipinski definition) is 0. The number of para-hydroxylation sites is 1. The summed E-state index contributed by atoms with van der Waals surface area (Å²) in [6.45, 7) is 5.55. The van der Waals surface area contributed by atoms with Gasteiger partial charge in [0.1, 0.15) is 0 Å². The van der Waals surface area contributed by atoms with Gasteiger partial charge in [0.05, 0.1) is 18.5 Å². The molecule has 27 heavy (non-hydrogen) atoms. The molecule has 0 unspecified atom stereocenters. The summed E-state index contributed by atoms with van der Waals surface area (Å²) in [5.74, 6) is 1.14. The Morgan fingerprint density at radius 3 is 2.56 bits per heavy atom. The maximum atomic E-state index is 11.5. The van der Waals surface area contributed by atoms with E-state index in [1.165, 1.54) is 17.5 Å². The summed E-state index contributed by atoms with van der Waals surface area (Å²) in [7, 11) is 5.79. The highest BCUT2D eigenvalue weighted by atomic mass is 32.2. The van der Waals surface area contributed by atoms with Crippen molar-refractivity contribution < 1.29 is 14.3 Å². The summed E-state index contributed by atoms with van der Waals surface area (Å²) in [6.07, 6.45) is 0. The van der Waals surface area contributed by atoms with Crippen molar-refractivity contribution in [3.05, 3.63) is 36.4 Å². The lowest BCUT2D eigenvalue weighted by Crippen LogP contribution is -2.31. The van der Waals surface area contributed by atoms with E-state index in [-0.39, 0.29) is 5.97 Å². The van der Waals surface area contributed by atoms with Gasteiger partial charge in [0.2, 0.25) is 0 Å². The predicted octanol–water partition coefficient (Wildman–Crippen LogP) is 4.42. The topological polar surface area (TPSA) is 42.0 Å². The van der Waals surface area contributed by atoms with Gasteiger partial charge in [-0.2, -0.15) is 0 Å². The van der Waals surface area contributed by atoms with Crippen LogP contribution < -0.4 is 14.4 Å². The van der Waals surface area contributed by atoms with Gasteiger partial charge >= 0.3 is 5.97 Å². The van der Waals surface area contributed by atoms with Gasteiger partial charge in [0.15, 0.2) is 11.5 Å². The summed E-state index contributed by atoms with van der Waals surface area (Å²) < 4.78 is 10.9. The molecule has 0 N–H and O–H groups in total. The number of hydrogen-bond acceptors (Lipinski definition) is 6. The van der Waals surface area contributed by atoms with Crippen LogP contribution in [0.15, 0.2) is 46.2 Å². The van der Waals surface area contributed by atoms with E-state index in [0.717, 1.165) is 23.7 Å². The minimum Gasteiger partial charge on any atom is -0.493 e. The van der Waals surface area contributed by atoms with Gasteiger partial charge in [-0.15, -0.1) is 0 Å². The normalized spacial score (nSPS) is 13.8. The van der Waals surface area contributed by atoms with Crippen LogP contribution >= 0.6 is 11.8 Å². The highest BCUT2D eigenvalue weighted by molar-refractivity contribution is 7.99. The molecule has 0 saturated carbocycles. The van der Waals surface area contributed by atoms with Crippen molar-refractivity contribution in [2.75, 3.05) is 39.2 Å². The summed E-state index contributed by atoms with van der Waals surface area (Å²) in [4.78, 5) is 18.3. The number of carbonyl (C=O) groups is 1. The smallest absolute Gasteiger partial charge is 0.308 e. The van der Waals surface area contributed by atoms with Crippen LogP contribution in [-0.4, -0.2) is 45.2 Å². The first-order valence-electron chi connectivity index (χ1n) is 8.98. The predicted molar refractivity (Wildman–Crippen MR) is 110 cm³/mol. The van der Waals surface area contributed by atoms with Crippen molar-refractivity contribution in [2.24, 2.45) is 5.92 Å². The molecule has 0 aliphatic carbocycles. The summed E-state index contributed by atoms with van der Waals surface area (Å²) in [6, 6.07) is 12.3. The van der Waals surface area contributed by atoms with Crippen LogP contribution in [0, 0.1) is 5.92 Å². The molecule has 1 heterocycles. The van der Waals surface area contributed by atoms with E-state index in [1.54, 1.807) is 18.9 Å². The molecule has 5 nitrogen and oxygen atoms in total. The molecule has 3 rings (SSSR count). The number of benzene rings is 2. The third kappa shape index (κ3) is 4.39. The van der Waals surface area contributed by atoms with Gasteiger partial charge in [0, 0.05) is 41.9 Å². The number of nitrogens with zero attached hydrogens (tertiary/aromatic N) is 2. The molecule has 0 aromatic heterocycles. The molecule has 0 spiro atoms. The molecule has 6 heteroatoms. The fourth-order valence-electron chi connectivity index (χ4n) is 3.42. The van der Waals surface area contributed by atoms with Gasteiger partial charge in [-0.1, -0.05) is 30.8 Å². The largest absolute Gasteiger partial charge is 0.493 e. The van der Waals surface area contributed by atoms with E-state index in [0.29, 0.717) is 17.4 Å². The molecule has 2 aromatic carbocycles. The van der Waals surface area contributed by atoms with Crippen molar-refractivity contribution in [1.29, 1.82) is 0 Å². The third-order valence-corrected chi connectivity index (χ3v) is 5.45. The molecule has 2 aromatic rings. The van der Waals surface area contributed by atoms with Crippen molar-refractivity contribution in [3.63, 3.8) is 0 Å². The molecule has 1 aliphatic rings. The molecule has 0 bridgehead atoms. The Balaban J connectivity index is 2.04. The van der Waals surface area contributed by atoms with Gasteiger partial charge in [-0.05, 0) is 32.1 Å². The van der Waals surface area contributed by atoms with E-state index >= 15 is 0 Å². The first-order chi connectivity index (χ1) is 12.9. The van der Waals surface area contributed by atoms with Crippen LogP contribution in [-0.2, 0) is 4.79 Å². The zero-order valence-electron chi connectivity index (χ0n) is 16.5. The Labute approximate surface area is 165 Å². The van der Waals surface area contributed by atoms with Crippen molar-refractivity contribution in [2.45, 2.75) is 23.6 Å². The molecule has 0 fully saturated rings. The SMILES string of the molecule is COc1cc2c(cc1OC(C)=O)Sc1ccccc1N2C[C@H](C)CN(C)C. The highest BCUT2D eigenvalue weighted by Gasteiger charge is 2.27. The lowest BCUT2D eigenvalue weighted by atomic mass is 10.1. The first kappa shape index (κ1) is 19.6. The quantitative estimate of drug-likeness (QED) is 0.541. The van der Waals surface area contributed by atoms with E-state index < -0.39 is 0 Å². The molecule has 1 aliphatic heterocycles. The van der Waals surface area contributed by atoms with Crippen LogP contribution in [0.4, 0.5) is 11.4 Å². The Morgan fingerprint density at radius 2 is 1.89 bits per heavy atom. The second kappa shape index (κ2) is 8.23. The molecule has 0 radical (unpaired) electrons. The minimum atomic E-state index is -0.356. The van der Waals surface area contributed by atoms with Gasteiger partial charge in [-0.25, -0.2) is 0 Å². The molecular weight excluding hydrogens is 360 g/mol. The number of anilines is 2. The van der Waals surface area contributed by atoms with Gasteiger partial charge < -0.3 is 19.3 Å². The van der Waals surface area contributed by atoms with Crippen LogP contribution in [0.25, 0.3) is 0 Å². The zero-order chi connectivity index (χ0) is 19.6. The Bertz CT molecular complexity index is 838. The number of methoxy groups -OCH3 is 1. The number of carbonyl (C=O) groups excluding carboxylic acids is 1. The monoisotopic (exact) mass is 386 g/mol. The Morgan fingerprint density at radius 1 is 1.15 bits per heavy atom. The molecule has 0 saturated heterocycles. The first-order valence-corrected chi connectivity index (χ1v) is 9.80. The highest BCUT2D eigenvalue weighted by Crippen LogP contribution is 2.51. The summed E-state index contributed by atoms with van der Waals surface area (Å²) in [5.41, 5.74) is 2.28. The maximum Gasteiger partial charge on any atom is 0.308 e. The fraction of sp³-hybridized carbons (Fsp3) is 0.381. The average Bonchev–Trinajstić information content (AvgIpc) is 2.60. The molecule has 1 atom stereocenters. The van der Waals surface area contributed by atoms with Gasteiger partial charge in [-0.3, -0.25) is 4.79 Å². The minimum absolute atomic E-state index is 0.356. The second-order valence-electron chi connectivity index (χ2n) is 7.11. The second-order valence-corrected chi connectivity index (χ2v) is 8.20. The van der Waals surface area contributed by atoms with E-state index in [9.17, 15) is 4.79 Å². The zero-order valence-corrected chi connectivity index (χ0v) is 17.3. The van der Waals surface area contributed by atoms with Crippen LogP contribution in [0.1, 0.15) is 13.8 Å². The number of ether oxygens (including phenoxy) is 2. The fourth-order valence-corrected chi connectivity index (χ4v) is 4.53. The lowest BCUT2D eigenvalue weighted by molar-refractivity contribution is -0.132. The maximum absolute atomic E-state index is 11.5. The van der Waals surface area contributed by atoms with Crippen molar-refractivity contribution >= 4 is 29.1 Å².